The second-order valence-corrected chi connectivity index (χ2v) is 6.19. The van der Waals surface area contributed by atoms with Crippen LogP contribution in [0.4, 0.5) is 0 Å². The normalized spacial score (nSPS) is 10.1. The Morgan fingerprint density at radius 1 is 1.00 bits per heavy atom. The van der Waals surface area contributed by atoms with E-state index in [1.54, 1.807) is 24.3 Å². The molecular weight excluding hydrogens is 407 g/mol. The maximum atomic E-state index is 12.3. The Balaban J connectivity index is 2.10. The quantitative estimate of drug-likeness (QED) is 0.588. The highest BCUT2D eigenvalue weighted by molar-refractivity contribution is 14.1. The molecule has 2 rings (SSSR count). The smallest absolute Gasteiger partial charge is 0.273 e. The molecule has 0 spiro atoms. The summed E-state index contributed by atoms with van der Waals surface area (Å²) in [5.41, 5.74) is 7.59. The molecule has 0 heterocycles. The van der Waals surface area contributed by atoms with E-state index in [0.717, 1.165) is 14.7 Å². The number of aryl methyl sites for hydroxylation is 2. The highest BCUT2D eigenvalue weighted by Crippen LogP contribution is 2.21. The Morgan fingerprint density at radius 2 is 1.70 bits per heavy atom. The van der Waals surface area contributed by atoms with Crippen molar-refractivity contribution >= 4 is 34.4 Å². The number of nitrogens with one attached hydrogen (secondary N) is 2. The van der Waals surface area contributed by atoms with Crippen molar-refractivity contribution in [3.05, 3.63) is 62.2 Å². The van der Waals surface area contributed by atoms with Crippen LogP contribution < -0.4 is 15.6 Å². The van der Waals surface area contributed by atoms with Gasteiger partial charge in [-0.1, -0.05) is 18.2 Å². The van der Waals surface area contributed by atoms with Gasteiger partial charge in [-0.05, 0) is 65.8 Å². The van der Waals surface area contributed by atoms with Crippen molar-refractivity contribution < 1.29 is 14.3 Å². The largest absolute Gasteiger partial charge is 0.496 e. The first-order chi connectivity index (χ1) is 10.9. The summed E-state index contributed by atoms with van der Waals surface area (Å²) in [5.74, 6) is -0.333. The molecule has 0 aliphatic carbocycles. The lowest BCUT2D eigenvalue weighted by atomic mass is 10.1. The molecule has 0 atom stereocenters. The van der Waals surface area contributed by atoms with Crippen molar-refractivity contribution in [1.29, 1.82) is 0 Å². The van der Waals surface area contributed by atoms with Crippen LogP contribution in [0.15, 0.2) is 36.4 Å². The summed E-state index contributed by atoms with van der Waals surface area (Å²) in [4.78, 5) is 24.4. The Morgan fingerprint density at radius 3 is 2.35 bits per heavy atom. The second kappa shape index (κ2) is 7.45. The standard InChI is InChI=1S/C17H17IN2O3/c1-10-7-8-12(9-13(10)18)16(21)19-20-17(22)15-11(2)5-4-6-14(15)23-3/h4-9H,1-3H3,(H,19,21)(H,20,22). The van der Waals surface area contributed by atoms with Gasteiger partial charge in [0.15, 0.2) is 0 Å². The maximum absolute atomic E-state index is 12.3. The molecule has 5 nitrogen and oxygen atoms in total. The molecule has 120 valence electrons. The zero-order chi connectivity index (χ0) is 17.0. The number of halogens is 1. The van der Waals surface area contributed by atoms with Crippen LogP contribution in [-0.2, 0) is 0 Å². The van der Waals surface area contributed by atoms with E-state index in [1.807, 2.05) is 26.0 Å². The molecule has 23 heavy (non-hydrogen) atoms. The lowest BCUT2D eigenvalue weighted by molar-refractivity contribution is 0.0844. The van der Waals surface area contributed by atoms with Crippen LogP contribution in [0, 0.1) is 17.4 Å². The molecule has 0 saturated heterocycles. The number of carbonyl (C=O) groups is 2. The van der Waals surface area contributed by atoms with Crippen LogP contribution in [0.25, 0.3) is 0 Å². The van der Waals surface area contributed by atoms with Crippen LogP contribution in [0.2, 0.25) is 0 Å². The van der Waals surface area contributed by atoms with Gasteiger partial charge in [0.2, 0.25) is 0 Å². The summed E-state index contributed by atoms with van der Waals surface area (Å²) in [6.07, 6.45) is 0. The van der Waals surface area contributed by atoms with Gasteiger partial charge in [-0.3, -0.25) is 20.4 Å². The molecule has 0 saturated carbocycles. The molecule has 2 N–H and O–H groups in total. The summed E-state index contributed by atoms with van der Waals surface area (Å²) in [7, 11) is 1.50. The van der Waals surface area contributed by atoms with Gasteiger partial charge < -0.3 is 4.74 Å². The first-order valence-corrected chi connectivity index (χ1v) is 8.02. The topological polar surface area (TPSA) is 67.4 Å². The molecule has 2 aromatic carbocycles. The highest BCUT2D eigenvalue weighted by atomic mass is 127. The Kier molecular flexibility index (Phi) is 5.59. The number of amides is 2. The Labute approximate surface area is 148 Å². The lowest BCUT2D eigenvalue weighted by Crippen LogP contribution is -2.42. The van der Waals surface area contributed by atoms with Crippen molar-refractivity contribution in [2.24, 2.45) is 0 Å². The number of rotatable bonds is 3. The predicted molar refractivity (Wildman–Crippen MR) is 96.6 cm³/mol. The lowest BCUT2D eigenvalue weighted by Gasteiger charge is -2.12. The number of methoxy groups -OCH3 is 1. The Hall–Kier alpha value is -2.09. The molecule has 0 bridgehead atoms. The monoisotopic (exact) mass is 424 g/mol. The van der Waals surface area contributed by atoms with Crippen LogP contribution in [0.1, 0.15) is 31.8 Å². The molecule has 0 radical (unpaired) electrons. The molecule has 0 aliphatic heterocycles. The van der Waals surface area contributed by atoms with Gasteiger partial charge in [0, 0.05) is 9.13 Å². The highest BCUT2D eigenvalue weighted by Gasteiger charge is 2.16. The van der Waals surface area contributed by atoms with E-state index in [-0.39, 0.29) is 5.91 Å². The van der Waals surface area contributed by atoms with E-state index in [4.69, 9.17) is 4.74 Å². The number of hydrogen-bond acceptors (Lipinski definition) is 3. The van der Waals surface area contributed by atoms with Gasteiger partial charge >= 0.3 is 0 Å². The van der Waals surface area contributed by atoms with Gasteiger partial charge in [-0.2, -0.15) is 0 Å². The summed E-state index contributed by atoms with van der Waals surface area (Å²) in [6.45, 7) is 3.78. The predicted octanol–water partition coefficient (Wildman–Crippen LogP) is 2.99. The second-order valence-electron chi connectivity index (χ2n) is 5.02. The van der Waals surface area contributed by atoms with Crippen molar-refractivity contribution in [2.75, 3.05) is 7.11 Å². The third-order valence-corrected chi connectivity index (χ3v) is 4.57. The zero-order valence-corrected chi connectivity index (χ0v) is 15.2. The van der Waals surface area contributed by atoms with Gasteiger partial charge in [0.25, 0.3) is 11.8 Å². The van der Waals surface area contributed by atoms with Crippen molar-refractivity contribution in [3.63, 3.8) is 0 Å². The minimum Gasteiger partial charge on any atom is -0.496 e. The fraction of sp³-hybridized carbons (Fsp3) is 0.176. The fourth-order valence-corrected chi connectivity index (χ4v) is 2.60. The number of hydrazine groups is 1. The number of ether oxygens (including phenoxy) is 1. The number of carbonyl (C=O) groups excluding carboxylic acids is 2. The molecule has 0 aromatic heterocycles. The Bertz CT molecular complexity index is 759. The summed E-state index contributed by atoms with van der Waals surface area (Å²) < 4.78 is 6.18. The number of benzene rings is 2. The van der Waals surface area contributed by atoms with Crippen LogP contribution in [0.3, 0.4) is 0 Å². The van der Waals surface area contributed by atoms with Gasteiger partial charge in [-0.15, -0.1) is 0 Å². The fourth-order valence-electron chi connectivity index (χ4n) is 2.08. The first kappa shape index (κ1) is 17.3. The third kappa shape index (κ3) is 4.01. The summed E-state index contributed by atoms with van der Waals surface area (Å²) in [5, 5.41) is 0. The van der Waals surface area contributed by atoms with Crippen molar-refractivity contribution in [2.45, 2.75) is 13.8 Å². The van der Waals surface area contributed by atoms with Crippen LogP contribution in [0.5, 0.6) is 5.75 Å². The van der Waals surface area contributed by atoms with E-state index in [1.165, 1.54) is 7.11 Å². The van der Waals surface area contributed by atoms with E-state index < -0.39 is 5.91 Å². The summed E-state index contributed by atoms with van der Waals surface area (Å²) in [6, 6.07) is 10.7. The van der Waals surface area contributed by atoms with E-state index in [9.17, 15) is 9.59 Å². The average molecular weight is 424 g/mol. The first-order valence-electron chi connectivity index (χ1n) is 6.94. The SMILES string of the molecule is COc1cccc(C)c1C(=O)NNC(=O)c1ccc(C)c(I)c1. The van der Waals surface area contributed by atoms with Gasteiger partial charge in [0.1, 0.15) is 5.75 Å². The molecule has 6 heteroatoms. The number of hydrogen-bond donors (Lipinski definition) is 2. The van der Waals surface area contributed by atoms with Crippen LogP contribution in [-0.4, -0.2) is 18.9 Å². The van der Waals surface area contributed by atoms with E-state index >= 15 is 0 Å². The zero-order valence-electron chi connectivity index (χ0n) is 13.1. The molecule has 2 aromatic rings. The minimum absolute atomic E-state index is 0.371. The van der Waals surface area contributed by atoms with Crippen molar-refractivity contribution in [1.82, 2.24) is 10.9 Å². The minimum atomic E-state index is -0.421. The maximum Gasteiger partial charge on any atom is 0.273 e. The molecule has 0 aliphatic rings. The molecular formula is C17H17IN2O3. The van der Waals surface area contributed by atoms with E-state index in [2.05, 4.69) is 33.4 Å². The van der Waals surface area contributed by atoms with Crippen molar-refractivity contribution in [3.8, 4) is 5.75 Å². The van der Waals surface area contributed by atoms with Crippen LogP contribution >= 0.6 is 22.6 Å². The molecule has 0 unspecified atom stereocenters. The molecule has 0 fully saturated rings. The van der Waals surface area contributed by atoms with E-state index in [0.29, 0.717) is 16.9 Å². The average Bonchev–Trinajstić information content (AvgIpc) is 2.54. The van der Waals surface area contributed by atoms with Gasteiger partial charge in [0.05, 0.1) is 12.7 Å². The third-order valence-electron chi connectivity index (χ3n) is 3.41. The summed E-state index contributed by atoms with van der Waals surface area (Å²) >= 11 is 2.16. The molecule has 2 amide bonds. The van der Waals surface area contributed by atoms with Gasteiger partial charge in [-0.25, -0.2) is 0 Å².